The zero-order valence-electron chi connectivity index (χ0n) is 9.86. The van der Waals surface area contributed by atoms with Gasteiger partial charge in [0.1, 0.15) is 11.6 Å². The van der Waals surface area contributed by atoms with E-state index in [1.54, 1.807) is 0 Å². The fraction of sp³-hybridized carbons (Fsp3) is 0.333. The van der Waals surface area contributed by atoms with Gasteiger partial charge in [-0.05, 0) is 43.8 Å². The highest BCUT2D eigenvalue weighted by Crippen LogP contribution is 2.15. The second kappa shape index (κ2) is 5.14. The van der Waals surface area contributed by atoms with E-state index in [2.05, 4.69) is 15.2 Å². The van der Waals surface area contributed by atoms with Crippen molar-refractivity contribution in [2.24, 2.45) is 0 Å². The lowest BCUT2D eigenvalue weighted by Gasteiger charge is -2.09. The third-order valence-corrected chi connectivity index (χ3v) is 2.41. The molecule has 0 saturated carbocycles. The number of ether oxygens (including phenoxy) is 1. The number of hydrogen-bond acceptors (Lipinski definition) is 3. The topological polar surface area (TPSA) is 53.7 Å². The molecule has 0 aliphatic carbocycles. The van der Waals surface area contributed by atoms with Crippen LogP contribution in [0.4, 0.5) is 0 Å². The number of rotatable bonds is 4. The Morgan fingerprint density at radius 2 is 1.94 bits per heavy atom. The Labute approximate surface area is 105 Å². The first kappa shape index (κ1) is 11.9. The lowest BCUT2D eigenvalue weighted by Crippen LogP contribution is -2.05. The Balaban J connectivity index is 2.05. The Morgan fingerprint density at radius 1 is 1.24 bits per heavy atom. The zero-order chi connectivity index (χ0) is 12.3. The largest absolute Gasteiger partial charge is 0.491 e. The number of aromatic amines is 2. The summed E-state index contributed by atoms with van der Waals surface area (Å²) in [4.78, 5) is 4.15. The summed E-state index contributed by atoms with van der Waals surface area (Å²) in [5, 5.41) is 5.71. The normalized spacial score (nSPS) is 10.8. The van der Waals surface area contributed by atoms with Gasteiger partial charge in [-0.2, -0.15) is 0 Å². The van der Waals surface area contributed by atoms with Gasteiger partial charge in [0.2, 0.25) is 4.77 Å². The third kappa shape index (κ3) is 3.42. The molecule has 1 heterocycles. The lowest BCUT2D eigenvalue weighted by molar-refractivity contribution is 0.242. The van der Waals surface area contributed by atoms with Gasteiger partial charge in [-0.1, -0.05) is 12.1 Å². The molecule has 0 amide bonds. The highest BCUT2D eigenvalue weighted by molar-refractivity contribution is 7.71. The summed E-state index contributed by atoms with van der Waals surface area (Å²) in [5.74, 6) is 1.73. The molecule has 0 atom stereocenters. The molecule has 0 spiro atoms. The summed E-state index contributed by atoms with van der Waals surface area (Å²) in [6.07, 6.45) is 0.929. The average molecular weight is 249 g/mol. The first-order valence-electron chi connectivity index (χ1n) is 5.52. The molecule has 2 aromatic rings. The van der Waals surface area contributed by atoms with Crippen molar-refractivity contribution < 1.29 is 4.74 Å². The van der Waals surface area contributed by atoms with Crippen molar-refractivity contribution in [3.05, 3.63) is 40.4 Å². The summed E-state index contributed by atoms with van der Waals surface area (Å²) < 4.78 is 6.06. The van der Waals surface area contributed by atoms with Crippen molar-refractivity contribution in [2.75, 3.05) is 0 Å². The molecular weight excluding hydrogens is 234 g/mol. The van der Waals surface area contributed by atoms with E-state index in [1.807, 2.05) is 38.1 Å². The Hall–Kier alpha value is -1.62. The number of benzene rings is 1. The summed E-state index contributed by atoms with van der Waals surface area (Å²) in [5.41, 5.74) is 1.17. The van der Waals surface area contributed by atoms with Gasteiger partial charge >= 0.3 is 0 Å². The van der Waals surface area contributed by atoms with Gasteiger partial charge in [-0.3, -0.25) is 10.2 Å². The molecule has 4 nitrogen and oxygen atoms in total. The molecule has 0 aliphatic rings. The minimum atomic E-state index is 0.197. The maximum Gasteiger partial charge on any atom is 0.213 e. The van der Waals surface area contributed by atoms with Gasteiger partial charge in [0.15, 0.2) is 0 Å². The van der Waals surface area contributed by atoms with Crippen LogP contribution in [0.2, 0.25) is 0 Å². The predicted octanol–water partition coefficient (Wildman–Crippen LogP) is 2.85. The third-order valence-electron chi connectivity index (χ3n) is 2.22. The van der Waals surface area contributed by atoms with Gasteiger partial charge in [-0.15, -0.1) is 0 Å². The first-order valence-corrected chi connectivity index (χ1v) is 5.93. The van der Waals surface area contributed by atoms with E-state index in [1.165, 1.54) is 5.56 Å². The summed E-state index contributed by atoms with van der Waals surface area (Å²) in [6.45, 7) is 4.02. The van der Waals surface area contributed by atoms with Crippen LogP contribution in [0.3, 0.4) is 0 Å². The maximum absolute atomic E-state index is 5.58. The standard InChI is InChI=1S/C12H15N3OS/c1-8(2)16-10-5-3-9(4-6-10)7-11-13-12(17)15-14-11/h3-6,8H,7H2,1-2H3,(H2,13,14,15,17). The summed E-state index contributed by atoms with van der Waals surface area (Å²) in [6, 6.07) is 8.00. The molecule has 0 aliphatic heterocycles. The van der Waals surface area contributed by atoms with E-state index in [9.17, 15) is 0 Å². The van der Waals surface area contributed by atoms with Crippen LogP contribution in [0.15, 0.2) is 24.3 Å². The van der Waals surface area contributed by atoms with Crippen LogP contribution in [0, 0.1) is 4.77 Å². The lowest BCUT2D eigenvalue weighted by atomic mass is 10.1. The molecule has 0 radical (unpaired) electrons. The molecule has 1 aromatic carbocycles. The molecule has 90 valence electrons. The monoisotopic (exact) mass is 249 g/mol. The van der Waals surface area contributed by atoms with E-state index in [0.717, 1.165) is 18.0 Å². The Bertz CT molecular complexity index is 527. The summed E-state index contributed by atoms with van der Waals surface area (Å²) in [7, 11) is 0. The summed E-state index contributed by atoms with van der Waals surface area (Å²) >= 11 is 4.90. The van der Waals surface area contributed by atoms with Crippen LogP contribution in [0.5, 0.6) is 5.75 Å². The Kier molecular flexibility index (Phi) is 3.58. The second-order valence-electron chi connectivity index (χ2n) is 4.10. The number of H-pyrrole nitrogens is 2. The van der Waals surface area contributed by atoms with E-state index in [0.29, 0.717) is 4.77 Å². The second-order valence-corrected chi connectivity index (χ2v) is 4.49. The van der Waals surface area contributed by atoms with Gasteiger partial charge in [0, 0.05) is 6.42 Å². The molecule has 0 fully saturated rings. The molecule has 17 heavy (non-hydrogen) atoms. The fourth-order valence-corrected chi connectivity index (χ4v) is 1.70. The fourth-order valence-electron chi connectivity index (χ4n) is 1.54. The van der Waals surface area contributed by atoms with E-state index >= 15 is 0 Å². The van der Waals surface area contributed by atoms with Gasteiger partial charge in [0.25, 0.3) is 0 Å². The Morgan fingerprint density at radius 3 is 2.47 bits per heavy atom. The average Bonchev–Trinajstić information content (AvgIpc) is 2.66. The van der Waals surface area contributed by atoms with E-state index in [-0.39, 0.29) is 6.10 Å². The molecule has 5 heteroatoms. The van der Waals surface area contributed by atoms with Crippen LogP contribution < -0.4 is 4.74 Å². The van der Waals surface area contributed by atoms with Gasteiger partial charge < -0.3 is 4.74 Å². The van der Waals surface area contributed by atoms with Crippen LogP contribution in [0.25, 0.3) is 0 Å². The van der Waals surface area contributed by atoms with Crippen molar-refractivity contribution in [3.8, 4) is 5.75 Å². The van der Waals surface area contributed by atoms with E-state index in [4.69, 9.17) is 17.0 Å². The molecule has 0 bridgehead atoms. The zero-order valence-corrected chi connectivity index (χ0v) is 10.7. The minimum Gasteiger partial charge on any atom is -0.491 e. The van der Waals surface area contributed by atoms with E-state index < -0.39 is 0 Å². The molecule has 0 saturated heterocycles. The van der Waals surface area contributed by atoms with Crippen LogP contribution in [-0.4, -0.2) is 21.3 Å². The quantitative estimate of drug-likeness (QED) is 0.819. The highest BCUT2D eigenvalue weighted by atomic mass is 32.1. The number of aromatic nitrogens is 3. The van der Waals surface area contributed by atoms with Gasteiger partial charge in [0.05, 0.1) is 6.10 Å². The van der Waals surface area contributed by atoms with Crippen LogP contribution in [-0.2, 0) is 6.42 Å². The van der Waals surface area contributed by atoms with Gasteiger partial charge in [-0.25, -0.2) is 4.98 Å². The first-order chi connectivity index (χ1) is 8.13. The predicted molar refractivity (Wildman–Crippen MR) is 68.8 cm³/mol. The molecular formula is C12H15N3OS. The van der Waals surface area contributed by atoms with Crippen molar-refractivity contribution in [1.82, 2.24) is 15.2 Å². The maximum atomic E-state index is 5.58. The number of hydrogen-bond donors (Lipinski definition) is 2. The molecule has 1 aromatic heterocycles. The smallest absolute Gasteiger partial charge is 0.213 e. The molecule has 2 N–H and O–H groups in total. The van der Waals surface area contributed by atoms with Crippen LogP contribution in [0.1, 0.15) is 25.2 Å². The van der Waals surface area contributed by atoms with Crippen molar-refractivity contribution in [1.29, 1.82) is 0 Å². The SMILES string of the molecule is CC(C)Oc1ccc(Cc2nc(=S)[nH][nH]2)cc1. The van der Waals surface area contributed by atoms with Crippen molar-refractivity contribution in [3.63, 3.8) is 0 Å². The van der Waals surface area contributed by atoms with Crippen molar-refractivity contribution in [2.45, 2.75) is 26.4 Å². The van der Waals surface area contributed by atoms with Crippen molar-refractivity contribution >= 4 is 12.2 Å². The minimum absolute atomic E-state index is 0.197. The highest BCUT2D eigenvalue weighted by Gasteiger charge is 2.01. The number of nitrogens with zero attached hydrogens (tertiary/aromatic N) is 1. The van der Waals surface area contributed by atoms with Crippen LogP contribution >= 0.6 is 12.2 Å². The molecule has 2 rings (SSSR count). The number of nitrogens with one attached hydrogen (secondary N) is 2. The molecule has 0 unspecified atom stereocenters.